The number of Topliss-reactive ketones (excluding diaryl/α,β-unsaturated/α-hetero) is 1. The Morgan fingerprint density at radius 2 is 2.27 bits per heavy atom. The van der Waals surface area contributed by atoms with Gasteiger partial charge in [0, 0.05) is 17.6 Å². The van der Waals surface area contributed by atoms with Crippen molar-refractivity contribution >= 4 is 17.4 Å². The van der Waals surface area contributed by atoms with Crippen LogP contribution in [-0.4, -0.2) is 12.4 Å². The predicted molar refractivity (Wildman–Crippen MR) is 59.2 cm³/mol. The largest absolute Gasteiger partial charge is 0.500 e. The Kier molecular flexibility index (Phi) is 2.78. The summed E-state index contributed by atoms with van der Waals surface area (Å²) in [5.74, 6) is -0.0267. The topological polar surface area (TPSA) is 26.3 Å². The van der Waals surface area contributed by atoms with Gasteiger partial charge in [0.25, 0.3) is 0 Å². The van der Waals surface area contributed by atoms with Gasteiger partial charge in [0.1, 0.15) is 0 Å². The van der Waals surface area contributed by atoms with Gasteiger partial charge in [-0.05, 0) is 18.6 Å². The summed E-state index contributed by atoms with van der Waals surface area (Å²) in [7, 11) is 0. The quantitative estimate of drug-likeness (QED) is 0.719. The van der Waals surface area contributed by atoms with E-state index in [4.69, 9.17) is 16.3 Å². The highest BCUT2D eigenvalue weighted by atomic mass is 35.5. The number of hydrogen-bond donors (Lipinski definition) is 0. The van der Waals surface area contributed by atoms with E-state index in [0.717, 1.165) is 5.56 Å². The number of carbonyl (C=O) groups is 1. The number of ether oxygens (including phenoxy) is 1. The minimum Gasteiger partial charge on any atom is -0.500 e. The van der Waals surface area contributed by atoms with Crippen LogP contribution in [0.1, 0.15) is 22.3 Å². The van der Waals surface area contributed by atoms with Gasteiger partial charge >= 0.3 is 0 Å². The van der Waals surface area contributed by atoms with Crippen LogP contribution in [0, 0.1) is 6.92 Å². The minimum atomic E-state index is -0.0267. The van der Waals surface area contributed by atoms with Crippen molar-refractivity contribution in [3.8, 4) is 0 Å². The molecule has 1 aromatic carbocycles. The Hall–Kier alpha value is -1.28. The molecule has 1 aromatic rings. The van der Waals surface area contributed by atoms with Crippen molar-refractivity contribution in [1.29, 1.82) is 0 Å². The van der Waals surface area contributed by atoms with Crippen LogP contribution in [0.5, 0.6) is 0 Å². The summed E-state index contributed by atoms with van der Waals surface area (Å²) < 4.78 is 5.04. The van der Waals surface area contributed by atoms with Crippen LogP contribution in [0.4, 0.5) is 0 Å². The van der Waals surface area contributed by atoms with Gasteiger partial charge in [0.2, 0.25) is 0 Å². The summed E-state index contributed by atoms with van der Waals surface area (Å²) in [6, 6.07) is 5.47. The first kappa shape index (κ1) is 10.2. The average Bonchev–Trinajstić information content (AvgIpc) is 2.74. The van der Waals surface area contributed by atoms with Crippen LogP contribution < -0.4 is 0 Å². The Morgan fingerprint density at radius 1 is 1.47 bits per heavy atom. The molecule has 3 heteroatoms. The summed E-state index contributed by atoms with van der Waals surface area (Å²) >= 11 is 6.08. The fraction of sp³-hybridized carbons (Fsp3) is 0.250. The lowest BCUT2D eigenvalue weighted by Crippen LogP contribution is -2.03. The molecule has 0 unspecified atom stereocenters. The second-order valence-electron chi connectivity index (χ2n) is 3.53. The molecule has 0 spiro atoms. The third-order valence-electron chi connectivity index (χ3n) is 2.44. The molecule has 0 aliphatic carbocycles. The van der Waals surface area contributed by atoms with Gasteiger partial charge in [-0.15, -0.1) is 0 Å². The van der Waals surface area contributed by atoms with Crippen molar-refractivity contribution in [2.75, 3.05) is 6.61 Å². The smallest absolute Gasteiger partial charge is 0.193 e. The van der Waals surface area contributed by atoms with Crippen molar-refractivity contribution in [1.82, 2.24) is 0 Å². The van der Waals surface area contributed by atoms with Crippen molar-refractivity contribution < 1.29 is 9.53 Å². The van der Waals surface area contributed by atoms with E-state index >= 15 is 0 Å². The zero-order valence-electron chi connectivity index (χ0n) is 8.42. The number of rotatable bonds is 2. The number of benzene rings is 1. The fourth-order valence-corrected chi connectivity index (χ4v) is 1.76. The third-order valence-corrected chi connectivity index (χ3v) is 2.94. The first-order valence-electron chi connectivity index (χ1n) is 4.80. The van der Waals surface area contributed by atoms with Crippen LogP contribution in [0.25, 0.3) is 0 Å². The van der Waals surface area contributed by atoms with Crippen LogP contribution in [0.3, 0.4) is 0 Å². The SMILES string of the molecule is Cc1cccc(C(=O)C2=COCC2)c1Cl. The molecule has 0 aromatic heterocycles. The van der Waals surface area contributed by atoms with Crippen LogP contribution >= 0.6 is 11.6 Å². The molecule has 0 amide bonds. The molecule has 0 bridgehead atoms. The number of carbonyl (C=O) groups excluding carboxylic acids is 1. The zero-order valence-corrected chi connectivity index (χ0v) is 9.17. The van der Waals surface area contributed by atoms with Crippen LogP contribution in [0.2, 0.25) is 5.02 Å². The van der Waals surface area contributed by atoms with E-state index in [2.05, 4.69) is 0 Å². The molecule has 2 nitrogen and oxygen atoms in total. The van der Waals surface area contributed by atoms with E-state index in [0.29, 0.717) is 29.2 Å². The molecule has 0 saturated carbocycles. The molecule has 0 fully saturated rings. The number of ketones is 1. The summed E-state index contributed by atoms with van der Waals surface area (Å²) in [6.45, 7) is 2.48. The first-order valence-corrected chi connectivity index (χ1v) is 5.18. The Bertz CT molecular complexity index is 435. The van der Waals surface area contributed by atoms with Gasteiger partial charge in [-0.3, -0.25) is 4.79 Å². The van der Waals surface area contributed by atoms with E-state index in [1.165, 1.54) is 6.26 Å². The number of aryl methyl sites for hydroxylation is 1. The van der Waals surface area contributed by atoms with E-state index in [-0.39, 0.29) is 5.78 Å². The zero-order chi connectivity index (χ0) is 10.8. The Labute approximate surface area is 93.5 Å². The maximum absolute atomic E-state index is 12.0. The molecular formula is C12H11ClO2. The summed E-state index contributed by atoms with van der Waals surface area (Å²) in [4.78, 5) is 12.0. The van der Waals surface area contributed by atoms with Gasteiger partial charge in [-0.25, -0.2) is 0 Å². The van der Waals surface area contributed by atoms with Crippen molar-refractivity contribution in [3.63, 3.8) is 0 Å². The molecule has 78 valence electrons. The lowest BCUT2D eigenvalue weighted by Gasteiger charge is -2.05. The second-order valence-corrected chi connectivity index (χ2v) is 3.91. The van der Waals surface area contributed by atoms with Crippen LogP contribution in [0.15, 0.2) is 30.0 Å². The lowest BCUT2D eigenvalue weighted by molar-refractivity contribution is 0.103. The molecule has 0 radical (unpaired) electrons. The highest BCUT2D eigenvalue weighted by Crippen LogP contribution is 2.25. The van der Waals surface area contributed by atoms with Gasteiger partial charge < -0.3 is 4.74 Å². The number of hydrogen-bond acceptors (Lipinski definition) is 2. The average molecular weight is 223 g/mol. The molecule has 0 saturated heterocycles. The van der Waals surface area contributed by atoms with Crippen molar-refractivity contribution in [2.24, 2.45) is 0 Å². The molecule has 1 heterocycles. The monoisotopic (exact) mass is 222 g/mol. The molecule has 1 aliphatic rings. The lowest BCUT2D eigenvalue weighted by atomic mass is 10.0. The molecule has 2 rings (SSSR count). The maximum atomic E-state index is 12.0. The molecule has 1 aliphatic heterocycles. The summed E-state index contributed by atoms with van der Waals surface area (Å²) in [6.07, 6.45) is 2.20. The third kappa shape index (κ3) is 1.90. The highest BCUT2D eigenvalue weighted by Gasteiger charge is 2.19. The maximum Gasteiger partial charge on any atom is 0.193 e. The van der Waals surface area contributed by atoms with E-state index < -0.39 is 0 Å². The molecule has 0 N–H and O–H groups in total. The normalized spacial score (nSPS) is 14.7. The first-order chi connectivity index (χ1) is 7.20. The fourth-order valence-electron chi connectivity index (χ4n) is 1.55. The predicted octanol–water partition coefficient (Wildman–Crippen LogP) is 3.14. The van der Waals surface area contributed by atoms with Crippen molar-refractivity contribution in [2.45, 2.75) is 13.3 Å². The second kappa shape index (κ2) is 4.07. The van der Waals surface area contributed by atoms with E-state index in [9.17, 15) is 4.79 Å². The number of halogens is 1. The molecular weight excluding hydrogens is 212 g/mol. The molecule has 15 heavy (non-hydrogen) atoms. The summed E-state index contributed by atoms with van der Waals surface area (Å²) in [5.41, 5.74) is 2.18. The van der Waals surface area contributed by atoms with Crippen molar-refractivity contribution in [3.05, 3.63) is 46.2 Å². The van der Waals surface area contributed by atoms with Crippen LogP contribution in [-0.2, 0) is 4.74 Å². The Balaban J connectivity index is 2.37. The summed E-state index contributed by atoms with van der Waals surface area (Å²) in [5, 5.41) is 0.537. The van der Waals surface area contributed by atoms with E-state index in [1.807, 2.05) is 19.1 Å². The standard InChI is InChI=1S/C12H11ClO2/c1-8-3-2-4-10(11(8)13)12(14)9-5-6-15-7-9/h2-4,7H,5-6H2,1H3. The highest BCUT2D eigenvalue weighted by molar-refractivity contribution is 6.35. The van der Waals surface area contributed by atoms with Gasteiger partial charge in [-0.2, -0.15) is 0 Å². The van der Waals surface area contributed by atoms with Gasteiger partial charge in [-0.1, -0.05) is 23.7 Å². The van der Waals surface area contributed by atoms with Gasteiger partial charge in [0.05, 0.1) is 17.9 Å². The Morgan fingerprint density at radius 3 is 2.93 bits per heavy atom. The van der Waals surface area contributed by atoms with E-state index in [1.54, 1.807) is 6.07 Å². The molecule has 0 atom stereocenters. The minimum absolute atomic E-state index is 0.0267. The van der Waals surface area contributed by atoms with Gasteiger partial charge in [0.15, 0.2) is 5.78 Å².